The van der Waals surface area contributed by atoms with E-state index in [2.05, 4.69) is 21.7 Å². The molecule has 6 nitrogen and oxygen atoms in total. The second kappa shape index (κ2) is 7.03. The molecule has 0 atom stereocenters. The van der Waals surface area contributed by atoms with Gasteiger partial charge in [0.2, 0.25) is 0 Å². The fourth-order valence-corrected chi connectivity index (χ4v) is 2.64. The summed E-state index contributed by atoms with van der Waals surface area (Å²) < 4.78 is 0. The number of aryl methyl sites for hydroxylation is 1. The van der Waals surface area contributed by atoms with Gasteiger partial charge in [-0.1, -0.05) is 6.92 Å². The third-order valence-corrected chi connectivity index (χ3v) is 3.82. The van der Waals surface area contributed by atoms with Crippen LogP contribution >= 0.6 is 11.3 Å². The molecule has 0 aliphatic heterocycles. The standard InChI is InChI=1S/C14H18N4O2S/c1-3-6-15-13-7-11(18(19)20)8-14(17-13)16-9-12-5-4-10(2)21-12/h4-5,7-8H,3,6,9H2,1-2H3,(H2,15,16,17). The third kappa shape index (κ3) is 4.42. The highest BCUT2D eigenvalue weighted by Gasteiger charge is 2.11. The van der Waals surface area contributed by atoms with Gasteiger partial charge in [-0.3, -0.25) is 10.1 Å². The van der Waals surface area contributed by atoms with E-state index in [9.17, 15) is 10.1 Å². The topological polar surface area (TPSA) is 80.1 Å². The Morgan fingerprint density at radius 3 is 2.57 bits per heavy atom. The van der Waals surface area contributed by atoms with Crippen molar-refractivity contribution in [2.24, 2.45) is 0 Å². The second-order valence-corrected chi connectivity index (χ2v) is 6.02. The zero-order valence-corrected chi connectivity index (χ0v) is 12.9. The molecule has 0 unspecified atom stereocenters. The Labute approximate surface area is 127 Å². The summed E-state index contributed by atoms with van der Waals surface area (Å²) in [4.78, 5) is 17.3. The molecule has 7 heteroatoms. The van der Waals surface area contributed by atoms with E-state index in [0.29, 0.717) is 18.2 Å². The predicted molar refractivity (Wildman–Crippen MR) is 86.1 cm³/mol. The number of nitrogens with zero attached hydrogens (tertiary/aromatic N) is 2. The van der Waals surface area contributed by atoms with Crippen molar-refractivity contribution in [2.75, 3.05) is 17.2 Å². The van der Waals surface area contributed by atoms with Gasteiger partial charge >= 0.3 is 0 Å². The zero-order valence-electron chi connectivity index (χ0n) is 12.0. The van der Waals surface area contributed by atoms with Crippen molar-refractivity contribution in [3.8, 4) is 0 Å². The molecular formula is C14H18N4O2S. The van der Waals surface area contributed by atoms with Crippen molar-refractivity contribution in [1.29, 1.82) is 0 Å². The first-order valence-electron chi connectivity index (χ1n) is 6.78. The molecule has 2 rings (SSSR count). The average Bonchev–Trinajstić information content (AvgIpc) is 2.88. The minimum atomic E-state index is -0.403. The van der Waals surface area contributed by atoms with Crippen molar-refractivity contribution >= 4 is 28.7 Å². The lowest BCUT2D eigenvalue weighted by Gasteiger charge is -2.08. The highest BCUT2D eigenvalue weighted by molar-refractivity contribution is 7.11. The summed E-state index contributed by atoms with van der Waals surface area (Å²) >= 11 is 1.70. The lowest BCUT2D eigenvalue weighted by molar-refractivity contribution is -0.384. The maximum absolute atomic E-state index is 11.0. The number of hydrogen-bond donors (Lipinski definition) is 2. The molecule has 0 radical (unpaired) electrons. The first-order chi connectivity index (χ1) is 10.1. The van der Waals surface area contributed by atoms with Gasteiger partial charge in [0.1, 0.15) is 11.6 Å². The van der Waals surface area contributed by atoms with Crippen LogP contribution in [0.2, 0.25) is 0 Å². The Hall–Kier alpha value is -2.15. The molecule has 2 aromatic rings. The molecule has 0 spiro atoms. The van der Waals surface area contributed by atoms with Gasteiger partial charge in [-0.05, 0) is 25.5 Å². The normalized spacial score (nSPS) is 10.4. The highest BCUT2D eigenvalue weighted by Crippen LogP contribution is 2.22. The number of nitro groups is 1. The van der Waals surface area contributed by atoms with Crippen LogP contribution in [-0.4, -0.2) is 16.5 Å². The zero-order chi connectivity index (χ0) is 15.2. The molecule has 0 amide bonds. The Morgan fingerprint density at radius 1 is 1.29 bits per heavy atom. The number of aromatic nitrogens is 1. The van der Waals surface area contributed by atoms with Crippen molar-refractivity contribution < 1.29 is 4.92 Å². The fourth-order valence-electron chi connectivity index (χ4n) is 1.81. The van der Waals surface area contributed by atoms with Crippen LogP contribution in [0.25, 0.3) is 0 Å². The largest absolute Gasteiger partial charge is 0.370 e. The van der Waals surface area contributed by atoms with E-state index >= 15 is 0 Å². The predicted octanol–water partition coefficient (Wildman–Crippen LogP) is 3.79. The Morgan fingerprint density at radius 2 is 2.00 bits per heavy atom. The molecule has 112 valence electrons. The van der Waals surface area contributed by atoms with Crippen molar-refractivity contribution in [3.63, 3.8) is 0 Å². The lowest BCUT2D eigenvalue weighted by atomic mass is 10.3. The second-order valence-electron chi connectivity index (χ2n) is 4.65. The maximum Gasteiger partial charge on any atom is 0.276 e. The summed E-state index contributed by atoms with van der Waals surface area (Å²) in [6, 6.07) is 7.01. The van der Waals surface area contributed by atoms with Crippen LogP contribution in [0.4, 0.5) is 17.3 Å². The fraction of sp³-hybridized carbons (Fsp3) is 0.357. The molecule has 0 fully saturated rings. The van der Waals surface area contributed by atoms with Gasteiger partial charge in [0.05, 0.1) is 23.6 Å². The quantitative estimate of drug-likeness (QED) is 0.601. The SMILES string of the molecule is CCCNc1cc([N+](=O)[O-])cc(NCc2ccc(C)s2)n1. The molecule has 0 aliphatic carbocycles. The summed E-state index contributed by atoms with van der Waals surface area (Å²) in [6.45, 7) is 5.42. The summed E-state index contributed by atoms with van der Waals surface area (Å²) in [7, 11) is 0. The van der Waals surface area contributed by atoms with Crippen LogP contribution in [-0.2, 0) is 6.54 Å². The van der Waals surface area contributed by atoms with Crippen molar-refractivity contribution in [3.05, 3.63) is 44.1 Å². The molecule has 0 bridgehead atoms. The van der Waals surface area contributed by atoms with Gasteiger partial charge in [0.15, 0.2) is 0 Å². The molecule has 2 heterocycles. The average molecular weight is 306 g/mol. The van der Waals surface area contributed by atoms with Crippen LogP contribution in [0.1, 0.15) is 23.1 Å². The molecule has 0 aliphatic rings. The van der Waals surface area contributed by atoms with Gasteiger partial charge in [-0.25, -0.2) is 4.98 Å². The van der Waals surface area contributed by atoms with Gasteiger partial charge in [-0.15, -0.1) is 11.3 Å². The van der Waals surface area contributed by atoms with E-state index in [0.717, 1.165) is 13.0 Å². The van der Waals surface area contributed by atoms with Crippen LogP contribution in [0.3, 0.4) is 0 Å². The minimum absolute atomic E-state index is 0.0356. The number of thiophene rings is 1. The lowest BCUT2D eigenvalue weighted by Crippen LogP contribution is -2.06. The Bertz CT molecular complexity index is 627. The minimum Gasteiger partial charge on any atom is -0.370 e. The van der Waals surface area contributed by atoms with Crippen LogP contribution in [0.5, 0.6) is 0 Å². The van der Waals surface area contributed by atoms with Crippen molar-refractivity contribution in [2.45, 2.75) is 26.8 Å². The maximum atomic E-state index is 11.0. The third-order valence-electron chi connectivity index (χ3n) is 2.82. The van der Waals surface area contributed by atoms with Gasteiger partial charge in [0, 0.05) is 16.3 Å². The number of hydrogen-bond acceptors (Lipinski definition) is 6. The van der Waals surface area contributed by atoms with Crippen LogP contribution < -0.4 is 10.6 Å². The van der Waals surface area contributed by atoms with E-state index in [1.807, 2.05) is 19.9 Å². The van der Waals surface area contributed by atoms with Crippen LogP contribution in [0, 0.1) is 17.0 Å². The van der Waals surface area contributed by atoms with Crippen molar-refractivity contribution in [1.82, 2.24) is 4.98 Å². The molecule has 21 heavy (non-hydrogen) atoms. The number of nitrogens with one attached hydrogen (secondary N) is 2. The van der Waals surface area contributed by atoms with E-state index in [4.69, 9.17) is 0 Å². The van der Waals surface area contributed by atoms with Gasteiger partial charge in [-0.2, -0.15) is 0 Å². The van der Waals surface area contributed by atoms with Gasteiger partial charge in [0.25, 0.3) is 5.69 Å². The molecule has 0 saturated carbocycles. The van der Waals surface area contributed by atoms with Gasteiger partial charge < -0.3 is 10.6 Å². The molecule has 0 saturated heterocycles. The monoisotopic (exact) mass is 306 g/mol. The number of rotatable bonds is 7. The first-order valence-corrected chi connectivity index (χ1v) is 7.59. The van der Waals surface area contributed by atoms with Crippen LogP contribution in [0.15, 0.2) is 24.3 Å². The number of anilines is 2. The molecular weight excluding hydrogens is 288 g/mol. The summed E-state index contributed by atoms with van der Waals surface area (Å²) in [5.74, 6) is 1.03. The van der Waals surface area contributed by atoms with E-state index in [1.54, 1.807) is 11.3 Å². The van der Waals surface area contributed by atoms with E-state index < -0.39 is 4.92 Å². The molecule has 2 N–H and O–H groups in total. The first kappa shape index (κ1) is 15.2. The Balaban J connectivity index is 2.12. The highest BCUT2D eigenvalue weighted by atomic mass is 32.1. The molecule has 2 aromatic heterocycles. The van der Waals surface area contributed by atoms with E-state index in [1.165, 1.54) is 21.9 Å². The Kier molecular flexibility index (Phi) is 5.10. The van der Waals surface area contributed by atoms with E-state index in [-0.39, 0.29) is 5.69 Å². The smallest absolute Gasteiger partial charge is 0.276 e. The molecule has 0 aromatic carbocycles. The summed E-state index contributed by atoms with van der Waals surface area (Å²) in [5, 5.41) is 17.2. The summed E-state index contributed by atoms with van der Waals surface area (Å²) in [5.41, 5.74) is 0.0356. The number of pyridine rings is 1. The summed E-state index contributed by atoms with van der Waals surface area (Å²) in [6.07, 6.45) is 0.932.